The lowest BCUT2D eigenvalue weighted by molar-refractivity contribution is -0.140. The second-order valence-electron chi connectivity index (χ2n) is 6.24. The Morgan fingerprint density at radius 1 is 1.25 bits per heavy atom. The van der Waals surface area contributed by atoms with E-state index in [4.69, 9.17) is 5.11 Å². The lowest BCUT2D eigenvalue weighted by Gasteiger charge is -2.23. The Morgan fingerprint density at radius 3 is 2.62 bits per heavy atom. The molecule has 24 heavy (non-hydrogen) atoms. The normalized spacial score (nSPS) is 16.9. The van der Waals surface area contributed by atoms with E-state index in [9.17, 15) is 14.4 Å². The molecule has 1 aliphatic heterocycles. The van der Waals surface area contributed by atoms with Crippen molar-refractivity contribution in [2.45, 2.75) is 45.1 Å². The van der Waals surface area contributed by atoms with Crippen LogP contribution >= 0.6 is 0 Å². The molecule has 1 unspecified atom stereocenters. The van der Waals surface area contributed by atoms with Crippen LogP contribution in [0.5, 0.6) is 0 Å². The number of carboxylic acid groups (broad SMARTS) is 1. The van der Waals surface area contributed by atoms with Gasteiger partial charge in [0.2, 0.25) is 11.8 Å². The van der Waals surface area contributed by atoms with Gasteiger partial charge in [-0.25, -0.2) is 0 Å². The summed E-state index contributed by atoms with van der Waals surface area (Å²) in [7, 11) is 0. The number of likely N-dealkylation sites (tertiary alicyclic amines) is 1. The monoisotopic (exact) mass is 332 g/mol. The van der Waals surface area contributed by atoms with Gasteiger partial charge in [-0.2, -0.15) is 0 Å². The highest BCUT2D eigenvalue weighted by atomic mass is 16.4. The van der Waals surface area contributed by atoms with Crippen molar-refractivity contribution >= 4 is 17.8 Å². The number of aryl methyl sites for hydroxylation is 2. The molecule has 1 saturated heterocycles. The van der Waals surface area contributed by atoms with E-state index in [-0.39, 0.29) is 30.8 Å². The zero-order valence-electron chi connectivity index (χ0n) is 14.0. The fraction of sp³-hybridized carbons (Fsp3) is 0.500. The minimum absolute atomic E-state index is 0.0346. The number of benzene rings is 1. The number of carbonyl (C=O) groups excluding carboxylic acids is 2. The van der Waals surface area contributed by atoms with Crippen LogP contribution in [0.15, 0.2) is 24.3 Å². The summed E-state index contributed by atoms with van der Waals surface area (Å²) in [6.45, 7) is 2.51. The molecule has 1 fully saturated rings. The molecule has 2 amide bonds. The van der Waals surface area contributed by atoms with Crippen LogP contribution in [-0.4, -0.2) is 46.9 Å². The molecule has 0 radical (unpaired) electrons. The van der Waals surface area contributed by atoms with Gasteiger partial charge >= 0.3 is 5.97 Å². The second kappa shape index (κ2) is 8.47. The van der Waals surface area contributed by atoms with Crippen molar-refractivity contribution in [1.29, 1.82) is 0 Å². The third-order valence-electron chi connectivity index (χ3n) is 4.31. The SMILES string of the molecule is Cc1ccc(CCC(=O)NCC(=O)N2CCCC2CC(=O)O)cc1. The smallest absolute Gasteiger partial charge is 0.305 e. The molecule has 1 atom stereocenters. The number of aliphatic carboxylic acids is 1. The van der Waals surface area contributed by atoms with Crippen LogP contribution < -0.4 is 5.32 Å². The Kier molecular flexibility index (Phi) is 6.35. The zero-order chi connectivity index (χ0) is 17.5. The topological polar surface area (TPSA) is 86.7 Å². The van der Waals surface area contributed by atoms with Gasteiger partial charge in [-0.15, -0.1) is 0 Å². The van der Waals surface area contributed by atoms with Gasteiger partial charge in [0.25, 0.3) is 0 Å². The molecular weight excluding hydrogens is 308 g/mol. The van der Waals surface area contributed by atoms with Gasteiger partial charge in [-0.05, 0) is 31.7 Å². The predicted octanol–water partition coefficient (Wildman–Crippen LogP) is 1.51. The van der Waals surface area contributed by atoms with E-state index in [1.807, 2.05) is 31.2 Å². The Hall–Kier alpha value is -2.37. The van der Waals surface area contributed by atoms with E-state index < -0.39 is 5.97 Å². The Morgan fingerprint density at radius 2 is 1.96 bits per heavy atom. The molecule has 130 valence electrons. The second-order valence-corrected chi connectivity index (χ2v) is 6.24. The lowest BCUT2D eigenvalue weighted by Crippen LogP contribution is -2.43. The highest BCUT2D eigenvalue weighted by Gasteiger charge is 2.30. The van der Waals surface area contributed by atoms with E-state index in [0.717, 1.165) is 12.0 Å². The molecule has 0 aliphatic carbocycles. The van der Waals surface area contributed by atoms with Crippen LogP contribution in [-0.2, 0) is 20.8 Å². The van der Waals surface area contributed by atoms with E-state index in [1.165, 1.54) is 5.56 Å². The summed E-state index contributed by atoms with van der Waals surface area (Å²) in [5, 5.41) is 11.5. The third kappa shape index (κ3) is 5.37. The van der Waals surface area contributed by atoms with Gasteiger partial charge in [0.15, 0.2) is 0 Å². The summed E-state index contributed by atoms with van der Waals surface area (Å²) in [6.07, 6.45) is 2.44. The van der Waals surface area contributed by atoms with Crippen LogP contribution in [0.2, 0.25) is 0 Å². The Labute approximate surface area is 141 Å². The van der Waals surface area contributed by atoms with Crippen molar-refractivity contribution in [2.24, 2.45) is 0 Å². The lowest BCUT2D eigenvalue weighted by atomic mass is 10.1. The first kappa shape index (κ1) is 18.0. The van der Waals surface area contributed by atoms with E-state index >= 15 is 0 Å². The number of nitrogens with one attached hydrogen (secondary N) is 1. The maximum atomic E-state index is 12.2. The van der Waals surface area contributed by atoms with E-state index in [1.54, 1.807) is 4.90 Å². The summed E-state index contributed by atoms with van der Waals surface area (Å²) in [6, 6.07) is 7.75. The van der Waals surface area contributed by atoms with Gasteiger partial charge in [0.05, 0.1) is 13.0 Å². The number of hydrogen-bond donors (Lipinski definition) is 2. The number of carbonyl (C=O) groups is 3. The molecule has 0 spiro atoms. The van der Waals surface area contributed by atoms with Gasteiger partial charge in [0.1, 0.15) is 0 Å². The molecule has 1 heterocycles. The van der Waals surface area contributed by atoms with Crippen LogP contribution in [0.4, 0.5) is 0 Å². The summed E-state index contributed by atoms with van der Waals surface area (Å²) >= 11 is 0. The Balaban J connectivity index is 1.73. The third-order valence-corrected chi connectivity index (χ3v) is 4.31. The van der Waals surface area contributed by atoms with Gasteiger partial charge < -0.3 is 15.3 Å². The van der Waals surface area contributed by atoms with Gasteiger partial charge in [0, 0.05) is 19.0 Å². The highest BCUT2D eigenvalue weighted by Crippen LogP contribution is 2.19. The first-order valence-corrected chi connectivity index (χ1v) is 8.29. The van der Waals surface area contributed by atoms with Crippen molar-refractivity contribution in [3.05, 3.63) is 35.4 Å². The van der Waals surface area contributed by atoms with Gasteiger partial charge in [-0.1, -0.05) is 29.8 Å². The quantitative estimate of drug-likeness (QED) is 0.792. The molecule has 6 heteroatoms. The molecule has 0 aromatic heterocycles. The van der Waals surface area contributed by atoms with Crippen LogP contribution in [0.25, 0.3) is 0 Å². The number of nitrogens with zero attached hydrogens (tertiary/aromatic N) is 1. The molecule has 6 nitrogen and oxygen atoms in total. The molecule has 1 aromatic carbocycles. The average molecular weight is 332 g/mol. The molecule has 1 aliphatic rings. The molecule has 1 aromatic rings. The number of amides is 2. The maximum absolute atomic E-state index is 12.2. The minimum atomic E-state index is -0.901. The van der Waals surface area contributed by atoms with Crippen molar-refractivity contribution in [3.63, 3.8) is 0 Å². The molecule has 2 N–H and O–H groups in total. The number of carboxylic acids is 1. The van der Waals surface area contributed by atoms with Crippen molar-refractivity contribution in [3.8, 4) is 0 Å². The van der Waals surface area contributed by atoms with E-state index in [2.05, 4.69) is 5.32 Å². The van der Waals surface area contributed by atoms with Crippen molar-refractivity contribution < 1.29 is 19.5 Å². The summed E-state index contributed by atoms with van der Waals surface area (Å²) < 4.78 is 0. The average Bonchev–Trinajstić information content (AvgIpc) is 2.99. The summed E-state index contributed by atoms with van der Waals surface area (Å²) in [4.78, 5) is 36.5. The molecule has 0 bridgehead atoms. The fourth-order valence-electron chi connectivity index (χ4n) is 2.95. The van der Waals surface area contributed by atoms with Crippen molar-refractivity contribution in [2.75, 3.05) is 13.1 Å². The largest absolute Gasteiger partial charge is 0.481 e. The first-order chi connectivity index (χ1) is 11.5. The molecule has 2 rings (SSSR count). The number of rotatable bonds is 7. The summed E-state index contributed by atoms with van der Waals surface area (Å²) in [5.74, 6) is -1.28. The predicted molar refractivity (Wildman–Crippen MR) is 89.5 cm³/mol. The van der Waals surface area contributed by atoms with Crippen LogP contribution in [0.3, 0.4) is 0 Å². The highest BCUT2D eigenvalue weighted by molar-refractivity contribution is 5.85. The Bertz CT molecular complexity index is 598. The fourth-order valence-corrected chi connectivity index (χ4v) is 2.95. The van der Waals surface area contributed by atoms with Crippen LogP contribution in [0.1, 0.15) is 36.8 Å². The standard InChI is InChI=1S/C18H24N2O4/c1-13-4-6-14(7-5-13)8-9-16(21)19-12-17(22)20-10-2-3-15(20)11-18(23)24/h4-7,15H,2-3,8-12H2,1H3,(H,19,21)(H,23,24). The molecule has 0 saturated carbocycles. The minimum Gasteiger partial charge on any atom is -0.481 e. The van der Waals surface area contributed by atoms with Crippen molar-refractivity contribution in [1.82, 2.24) is 10.2 Å². The number of hydrogen-bond acceptors (Lipinski definition) is 3. The molecular formula is C18H24N2O4. The summed E-state index contributed by atoms with van der Waals surface area (Å²) in [5.41, 5.74) is 2.26. The van der Waals surface area contributed by atoms with Crippen LogP contribution in [0, 0.1) is 6.92 Å². The first-order valence-electron chi connectivity index (χ1n) is 8.29. The van der Waals surface area contributed by atoms with Gasteiger partial charge in [-0.3, -0.25) is 14.4 Å². The van der Waals surface area contributed by atoms with E-state index in [0.29, 0.717) is 25.8 Å². The maximum Gasteiger partial charge on any atom is 0.305 e. The zero-order valence-corrected chi connectivity index (χ0v) is 14.0.